The molecule has 0 N–H and O–H groups in total. The predicted octanol–water partition coefficient (Wildman–Crippen LogP) is 18.2. The minimum absolute atomic E-state index is 0.0517. The summed E-state index contributed by atoms with van der Waals surface area (Å²) in [5.74, 6) is 0. The Morgan fingerprint density at radius 2 is 0.877 bits per heavy atom. The maximum atomic E-state index is 4.81. The van der Waals surface area contributed by atoms with Gasteiger partial charge in [-0.3, -0.25) is 4.98 Å². The van der Waals surface area contributed by atoms with Crippen molar-refractivity contribution >= 4 is 60.6 Å². The fraction of sp³-hybridized carbons (Fsp3) is 0.145. The lowest BCUT2D eigenvalue weighted by Crippen LogP contribution is -2.10. The van der Waals surface area contributed by atoms with Crippen LogP contribution in [0.4, 0.5) is 0 Å². The SMILES string of the molecule is Cc1ccc2c(c1)c1c(n2-c2cc(-c3ccc(-c4cncc(-c5ccc(-n6c7ccc(C(C)(C)C)cc7c7cc(C(C)(C)C)ccc76)cc5)c4)cc3)cc(-n3c4ccccc4c4ccccc43)c2)CC=CC=C1. The first kappa shape index (κ1) is 44.5. The van der Waals surface area contributed by atoms with Crippen molar-refractivity contribution in [2.45, 2.75) is 65.7 Å². The van der Waals surface area contributed by atoms with Crippen LogP contribution < -0.4 is 0 Å². The molecule has 0 atom stereocenters. The lowest BCUT2D eigenvalue weighted by atomic mass is 9.85. The topological polar surface area (TPSA) is 27.7 Å². The van der Waals surface area contributed by atoms with Crippen LogP contribution in [0.1, 0.15) is 69.5 Å². The Balaban J connectivity index is 0.883. The summed E-state index contributed by atoms with van der Waals surface area (Å²) in [6.45, 7) is 16.0. The molecule has 1 aliphatic rings. The number of benzene rings is 8. The van der Waals surface area contributed by atoms with Crippen LogP contribution in [0.2, 0.25) is 0 Å². The minimum Gasteiger partial charge on any atom is -0.313 e. The molecule has 4 heteroatoms. The van der Waals surface area contributed by atoms with E-state index in [0.29, 0.717) is 0 Å². The van der Waals surface area contributed by atoms with Crippen molar-refractivity contribution in [2.75, 3.05) is 0 Å². The van der Waals surface area contributed by atoms with Crippen molar-refractivity contribution in [3.05, 3.63) is 234 Å². The molecule has 4 nitrogen and oxygen atoms in total. The lowest BCUT2D eigenvalue weighted by Gasteiger charge is -2.19. The number of pyridine rings is 1. The summed E-state index contributed by atoms with van der Waals surface area (Å²) >= 11 is 0. The number of rotatable bonds is 6. The van der Waals surface area contributed by atoms with E-state index in [2.05, 4.69) is 262 Å². The quantitative estimate of drug-likeness (QED) is 0.163. The molecule has 4 aromatic heterocycles. The van der Waals surface area contributed by atoms with E-state index in [-0.39, 0.29) is 10.8 Å². The van der Waals surface area contributed by atoms with Gasteiger partial charge in [0.2, 0.25) is 0 Å². The molecule has 354 valence electrons. The fourth-order valence-electron chi connectivity index (χ4n) is 11.4. The van der Waals surface area contributed by atoms with Gasteiger partial charge >= 0.3 is 0 Å². The smallest absolute Gasteiger partial charge is 0.0541 e. The van der Waals surface area contributed by atoms with Crippen molar-refractivity contribution in [2.24, 2.45) is 0 Å². The standard InChI is InChI=1S/C69H58N4/c1-44-21-32-65-59(35-44)58-15-9-8-10-18-64(58)73(65)55-38-48(37-54(41-55)72-62-19-13-11-16-56(62)57-17-12-14-20-63(57)72)45-22-24-46(25-23-45)49-36-50(43-70-42-49)47-26-30-53(31-27-47)71-66-33-28-51(68(2,3)4)39-60(66)61-40-52(69(5,6)7)29-34-67(61)71/h8-17,19-43H,18H2,1-7H3. The number of para-hydroxylation sites is 2. The van der Waals surface area contributed by atoms with E-state index >= 15 is 0 Å². The molecule has 73 heavy (non-hydrogen) atoms. The number of aromatic nitrogens is 4. The highest BCUT2D eigenvalue weighted by molar-refractivity contribution is 6.11. The van der Waals surface area contributed by atoms with Gasteiger partial charge in [0.05, 0.1) is 27.6 Å². The fourth-order valence-corrected chi connectivity index (χ4v) is 11.4. The first-order valence-electron chi connectivity index (χ1n) is 25.7. The molecule has 8 aromatic carbocycles. The van der Waals surface area contributed by atoms with Crippen LogP contribution in [0.5, 0.6) is 0 Å². The van der Waals surface area contributed by atoms with Crippen molar-refractivity contribution in [3.63, 3.8) is 0 Å². The molecule has 1 aliphatic carbocycles. The molecule has 0 bridgehead atoms. The summed E-state index contributed by atoms with van der Waals surface area (Å²) in [5.41, 5.74) is 22.8. The van der Waals surface area contributed by atoms with Crippen molar-refractivity contribution in [1.82, 2.24) is 18.7 Å². The van der Waals surface area contributed by atoms with Gasteiger partial charge in [-0.1, -0.05) is 162 Å². The van der Waals surface area contributed by atoms with Crippen LogP contribution in [0.15, 0.2) is 207 Å². The molecule has 4 heterocycles. The first-order valence-corrected chi connectivity index (χ1v) is 25.7. The molecule has 0 saturated heterocycles. The van der Waals surface area contributed by atoms with Gasteiger partial charge in [0, 0.05) is 85.2 Å². The number of fused-ring (bicyclic) bond motifs is 9. The molecular formula is C69H58N4. The van der Waals surface area contributed by atoms with Gasteiger partial charge in [0.1, 0.15) is 0 Å². The lowest BCUT2D eigenvalue weighted by molar-refractivity contribution is 0.590. The van der Waals surface area contributed by atoms with Gasteiger partial charge in [-0.05, 0) is 136 Å². The summed E-state index contributed by atoms with van der Waals surface area (Å²) in [4.78, 5) is 4.81. The van der Waals surface area contributed by atoms with Crippen molar-refractivity contribution < 1.29 is 0 Å². The molecule has 0 saturated carbocycles. The molecule has 12 aromatic rings. The van der Waals surface area contributed by atoms with E-state index in [9.17, 15) is 0 Å². The Morgan fingerprint density at radius 1 is 0.384 bits per heavy atom. The van der Waals surface area contributed by atoms with Crippen LogP contribution in [0.25, 0.3) is 111 Å². The van der Waals surface area contributed by atoms with Gasteiger partial charge < -0.3 is 13.7 Å². The Morgan fingerprint density at radius 3 is 1.47 bits per heavy atom. The normalized spacial score (nSPS) is 13.0. The Labute approximate surface area is 427 Å². The largest absolute Gasteiger partial charge is 0.313 e. The van der Waals surface area contributed by atoms with E-state index in [4.69, 9.17) is 4.98 Å². The predicted molar refractivity (Wildman–Crippen MR) is 310 cm³/mol. The molecule has 0 radical (unpaired) electrons. The molecule has 0 fully saturated rings. The molecular weight excluding hydrogens is 885 g/mol. The molecule has 0 aliphatic heterocycles. The van der Waals surface area contributed by atoms with Crippen molar-refractivity contribution in [1.29, 1.82) is 0 Å². The highest BCUT2D eigenvalue weighted by atomic mass is 15.0. The highest BCUT2D eigenvalue weighted by Crippen LogP contribution is 2.41. The second kappa shape index (κ2) is 16.8. The first-order chi connectivity index (χ1) is 35.4. The summed E-state index contributed by atoms with van der Waals surface area (Å²) < 4.78 is 7.37. The second-order valence-electron chi connectivity index (χ2n) is 22.2. The molecule has 0 spiro atoms. The number of nitrogens with zero attached hydrogens (tertiary/aromatic N) is 4. The van der Waals surface area contributed by atoms with Gasteiger partial charge in [-0.25, -0.2) is 0 Å². The third-order valence-electron chi connectivity index (χ3n) is 15.3. The summed E-state index contributed by atoms with van der Waals surface area (Å²) in [6.07, 6.45) is 13.7. The van der Waals surface area contributed by atoms with Gasteiger partial charge in [-0.15, -0.1) is 0 Å². The van der Waals surface area contributed by atoms with Gasteiger partial charge in [0.15, 0.2) is 0 Å². The zero-order chi connectivity index (χ0) is 49.8. The van der Waals surface area contributed by atoms with Crippen LogP contribution in [-0.4, -0.2) is 18.7 Å². The van der Waals surface area contributed by atoms with Crippen molar-refractivity contribution in [3.8, 4) is 50.4 Å². The zero-order valence-electron chi connectivity index (χ0n) is 42.7. The number of allylic oxidation sites excluding steroid dienone is 3. The molecule has 13 rings (SSSR count). The summed E-state index contributed by atoms with van der Waals surface area (Å²) in [6, 6.07) is 65.9. The van der Waals surface area contributed by atoms with Gasteiger partial charge in [0.25, 0.3) is 0 Å². The summed E-state index contributed by atoms with van der Waals surface area (Å²) in [7, 11) is 0. The minimum atomic E-state index is 0.0517. The maximum Gasteiger partial charge on any atom is 0.0541 e. The average Bonchev–Trinajstić information content (AvgIpc) is 3.94. The van der Waals surface area contributed by atoms with Crippen LogP contribution >= 0.6 is 0 Å². The third kappa shape index (κ3) is 7.55. The number of aryl methyl sites for hydroxylation is 1. The highest BCUT2D eigenvalue weighted by Gasteiger charge is 2.23. The molecule has 0 amide bonds. The van der Waals surface area contributed by atoms with E-state index in [1.54, 1.807) is 0 Å². The van der Waals surface area contributed by atoms with Gasteiger partial charge in [-0.2, -0.15) is 0 Å². The number of hydrogen-bond acceptors (Lipinski definition) is 1. The third-order valence-corrected chi connectivity index (χ3v) is 15.3. The van der Waals surface area contributed by atoms with E-state index < -0.39 is 0 Å². The Kier molecular flexibility index (Phi) is 10.2. The van der Waals surface area contributed by atoms with Crippen LogP contribution in [-0.2, 0) is 17.3 Å². The van der Waals surface area contributed by atoms with Crippen LogP contribution in [0.3, 0.4) is 0 Å². The maximum absolute atomic E-state index is 4.81. The Hall–Kier alpha value is -8.47. The van der Waals surface area contributed by atoms with Crippen LogP contribution in [0, 0.1) is 6.92 Å². The monoisotopic (exact) mass is 942 g/mol. The van der Waals surface area contributed by atoms with E-state index in [0.717, 1.165) is 56.9 Å². The van der Waals surface area contributed by atoms with E-state index in [1.165, 1.54) is 82.5 Å². The average molecular weight is 943 g/mol. The molecule has 0 unspecified atom stereocenters. The number of hydrogen-bond donors (Lipinski definition) is 0. The zero-order valence-corrected chi connectivity index (χ0v) is 42.7. The second-order valence-corrected chi connectivity index (χ2v) is 22.2. The summed E-state index contributed by atoms with van der Waals surface area (Å²) in [5, 5.41) is 6.37. The van der Waals surface area contributed by atoms with E-state index in [1.807, 2.05) is 12.4 Å². The Bertz CT molecular complexity index is 4100.